The van der Waals surface area contributed by atoms with Crippen LogP contribution in [-0.4, -0.2) is 35.0 Å². The highest BCUT2D eigenvalue weighted by Crippen LogP contribution is 2.11. The Balaban J connectivity index is 2.54. The number of aromatic nitrogens is 1. The van der Waals surface area contributed by atoms with Gasteiger partial charge in [0.15, 0.2) is 6.10 Å². The molecule has 0 spiro atoms. The Bertz CT molecular complexity index is 335. The summed E-state index contributed by atoms with van der Waals surface area (Å²) in [6, 6.07) is 1.70. The average molecular weight is 228 g/mol. The first-order valence-corrected chi connectivity index (χ1v) is 4.87. The first kappa shape index (κ1) is 12.7. The highest BCUT2D eigenvalue weighted by molar-refractivity contribution is 5.75. The van der Waals surface area contributed by atoms with Crippen LogP contribution in [0.15, 0.2) is 16.9 Å². The van der Waals surface area contributed by atoms with Gasteiger partial charge in [-0.25, -0.2) is 4.79 Å². The largest absolute Gasteiger partial charge is 0.467 e. The fourth-order valence-corrected chi connectivity index (χ4v) is 1.15. The van der Waals surface area contributed by atoms with E-state index in [0.717, 1.165) is 0 Å². The van der Waals surface area contributed by atoms with Gasteiger partial charge < -0.3 is 19.7 Å². The van der Waals surface area contributed by atoms with Crippen LogP contribution < -0.4 is 5.32 Å². The van der Waals surface area contributed by atoms with E-state index in [1.165, 1.54) is 13.4 Å². The number of hydrogen-bond acceptors (Lipinski definition) is 6. The minimum absolute atomic E-state index is 0.400. The van der Waals surface area contributed by atoms with Gasteiger partial charge in [0.2, 0.25) is 0 Å². The van der Waals surface area contributed by atoms with Crippen molar-refractivity contribution in [2.75, 3.05) is 7.11 Å². The second-order valence-corrected chi connectivity index (χ2v) is 3.99. The fraction of sp³-hybridized carbons (Fsp3) is 0.600. The van der Waals surface area contributed by atoms with Crippen LogP contribution in [0.25, 0.3) is 0 Å². The smallest absolute Gasteiger partial charge is 0.336 e. The Morgan fingerprint density at radius 1 is 1.75 bits per heavy atom. The van der Waals surface area contributed by atoms with E-state index in [0.29, 0.717) is 12.2 Å². The first-order valence-electron chi connectivity index (χ1n) is 4.87. The van der Waals surface area contributed by atoms with E-state index in [2.05, 4.69) is 19.7 Å². The molecule has 1 rings (SSSR count). The second-order valence-electron chi connectivity index (χ2n) is 3.99. The summed E-state index contributed by atoms with van der Waals surface area (Å²) in [5.41, 5.74) is -0.100. The quantitative estimate of drug-likeness (QED) is 0.694. The lowest BCUT2D eigenvalue weighted by molar-refractivity contribution is -0.154. The molecule has 2 N–H and O–H groups in total. The second kappa shape index (κ2) is 5.09. The number of carbonyl (C=O) groups is 1. The third-order valence-corrected chi connectivity index (χ3v) is 2.32. The van der Waals surface area contributed by atoms with Gasteiger partial charge in [-0.15, -0.1) is 0 Å². The molecule has 0 bridgehead atoms. The molecule has 0 unspecified atom stereocenters. The number of nitrogens with one attached hydrogen (secondary N) is 1. The van der Waals surface area contributed by atoms with E-state index in [-0.39, 0.29) is 0 Å². The summed E-state index contributed by atoms with van der Waals surface area (Å²) in [7, 11) is 1.24. The zero-order chi connectivity index (χ0) is 12.2. The van der Waals surface area contributed by atoms with Crippen molar-refractivity contribution >= 4 is 5.97 Å². The molecule has 6 nitrogen and oxygen atoms in total. The molecular formula is C10H16N2O4. The Morgan fingerprint density at radius 3 is 2.94 bits per heavy atom. The molecule has 1 heterocycles. The van der Waals surface area contributed by atoms with E-state index in [1.807, 2.05) is 0 Å². The van der Waals surface area contributed by atoms with Crippen LogP contribution in [-0.2, 0) is 16.1 Å². The lowest BCUT2D eigenvalue weighted by Crippen LogP contribution is -2.53. The number of aliphatic hydroxyl groups is 1. The van der Waals surface area contributed by atoms with E-state index < -0.39 is 17.6 Å². The number of methoxy groups -OCH3 is 1. The van der Waals surface area contributed by atoms with Gasteiger partial charge in [-0.1, -0.05) is 5.16 Å². The summed E-state index contributed by atoms with van der Waals surface area (Å²) in [6.45, 7) is 3.81. The van der Waals surface area contributed by atoms with Gasteiger partial charge in [-0.3, -0.25) is 0 Å². The SMILES string of the molecule is COC(=O)[C@@H](O)C(C)(C)NCc1ccon1. The minimum atomic E-state index is -1.23. The third-order valence-electron chi connectivity index (χ3n) is 2.32. The molecule has 0 saturated carbocycles. The van der Waals surface area contributed by atoms with Crippen molar-refractivity contribution in [3.63, 3.8) is 0 Å². The number of carbonyl (C=O) groups excluding carboxylic acids is 1. The summed E-state index contributed by atoms with van der Waals surface area (Å²) in [4.78, 5) is 11.2. The molecule has 0 fully saturated rings. The van der Waals surface area contributed by atoms with Gasteiger partial charge in [-0.2, -0.15) is 0 Å². The number of aliphatic hydroxyl groups excluding tert-OH is 1. The van der Waals surface area contributed by atoms with Crippen LogP contribution in [0.5, 0.6) is 0 Å². The van der Waals surface area contributed by atoms with Gasteiger partial charge in [-0.05, 0) is 13.8 Å². The number of ether oxygens (including phenoxy) is 1. The Kier molecular flexibility index (Phi) is 4.03. The van der Waals surface area contributed by atoms with Crippen LogP contribution in [0.3, 0.4) is 0 Å². The zero-order valence-electron chi connectivity index (χ0n) is 9.56. The first-order chi connectivity index (χ1) is 7.47. The monoisotopic (exact) mass is 228 g/mol. The molecule has 0 saturated heterocycles. The van der Waals surface area contributed by atoms with Crippen LogP contribution >= 0.6 is 0 Å². The predicted octanol–water partition coefficient (Wildman–Crippen LogP) is 0.0767. The average Bonchev–Trinajstić information content (AvgIpc) is 2.77. The van der Waals surface area contributed by atoms with Crippen molar-refractivity contribution in [1.29, 1.82) is 0 Å². The molecule has 0 aliphatic heterocycles. The number of hydrogen-bond donors (Lipinski definition) is 2. The molecule has 0 amide bonds. The summed E-state index contributed by atoms with van der Waals surface area (Å²) in [5, 5.41) is 16.4. The van der Waals surface area contributed by atoms with Crippen LogP contribution in [0, 0.1) is 0 Å². The van der Waals surface area contributed by atoms with Crippen molar-refractivity contribution in [3.05, 3.63) is 18.0 Å². The molecule has 0 aromatic carbocycles. The minimum Gasteiger partial charge on any atom is -0.467 e. The number of esters is 1. The summed E-state index contributed by atoms with van der Waals surface area (Å²) in [5.74, 6) is -0.669. The van der Waals surface area contributed by atoms with Crippen molar-refractivity contribution in [2.24, 2.45) is 0 Å². The fourth-order valence-electron chi connectivity index (χ4n) is 1.15. The molecule has 0 aliphatic rings. The van der Waals surface area contributed by atoms with E-state index in [1.54, 1.807) is 19.9 Å². The molecule has 90 valence electrons. The van der Waals surface area contributed by atoms with Gasteiger partial charge >= 0.3 is 5.97 Å². The summed E-state index contributed by atoms with van der Waals surface area (Å²) >= 11 is 0. The molecule has 6 heteroatoms. The maximum atomic E-state index is 11.2. The lowest BCUT2D eigenvalue weighted by atomic mass is 9.97. The molecular weight excluding hydrogens is 212 g/mol. The predicted molar refractivity (Wildman–Crippen MR) is 55.4 cm³/mol. The van der Waals surface area contributed by atoms with Crippen molar-refractivity contribution in [1.82, 2.24) is 10.5 Å². The Hall–Kier alpha value is -1.40. The van der Waals surface area contributed by atoms with Crippen LogP contribution in [0.2, 0.25) is 0 Å². The maximum absolute atomic E-state index is 11.2. The number of rotatable bonds is 5. The normalized spacial score (nSPS) is 13.5. The molecule has 0 radical (unpaired) electrons. The Labute approximate surface area is 93.6 Å². The van der Waals surface area contributed by atoms with Gasteiger partial charge in [0, 0.05) is 18.2 Å². The highest BCUT2D eigenvalue weighted by Gasteiger charge is 2.33. The van der Waals surface area contributed by atoms with Gasteiger partial charge in [0.05, 0.1) is 12.8 Å². The van der Waals surface area contributed by atoms with Crippen LogP contribution in [0.1, 0.15) is 19.5 Å². The van der Waals surface area contributed by atoms with Crippen molar-refractivity contribution in [2.45, 2.75) is 32.0 Å². The maximum Gasteiger partial charge on any atom is 0.336 e. The third kappa shape index (κ3) is 3.04. The van der Waals surface area contributed by atoms with Crippen molar-refractivity contribution in [3.8, 4) is 0 Å². The number of nitrogens with zero attached hydrogens (tertiary/aromatic N) is 1. The molecule has 0 aliphatic carbocycles. The zero-order valence-corrected chi connectivity index (χ0v) is 9.56. The summed E-state index contributed by atoms with van der Waals surface area (Å²) in [6.07, 6.45) is 0.227. The van der Waals surface area contributed by atoms with E-state index in [4.69, 9.17) is 0 Å². The van der Waals surface area contributed by atoms with Crippen molar-refractivity contribution < 1.29 is 19.2 Å². The van der Waals surface area contributed by atoms with E-state index >= 15 is 0 Å². The highest BCUT2D eigenvalue weighted by atomic mass is 16.5. The lowest BCUT2D eigenvalue weighted by Gasteiger charge is -2.29. The molecule has 1 aromatic rings. The van der Waals surface area contributed by atoms with Gasteiger partial charge in [0.1, 0.15) is 6.26 Å². The molecule has 1 aromatic heterocycles. The standard InChI is InChI=1S/C10H16N2O4/c1-10(2,8(13)9(14)15-3)11-6-7-4-5-16-12-7/h4-5,8,11,13H,6H2,1-3H3/t8-/m1/s1. The van der Waals surface area contributed by atoms with E-state index in [9.17, 15) is 9.90 Å². The Morgan fingerprint density at radius 2 is 2.44 bits per heavy atom. The summed E-state index contributed by atoms with van der Waals surface area (Å²) < 4.78 is 9.14. The molecule has 16 heavy (non-hydrogen) atoms. The van der Waals surface area contributed by atoms with Crippen LogP contribution in [0.4, 0.5) is 0 Å². The van der Waals surface area contributed by atoms with Gasteiger partial charge in [0.25, 0.3) is 0 Å². The molecule has 1 atom stereocenters. The topological polar surface area (TPSA) is 84.6 Å².